The maximum atomic E-state index is 12.6. The molecule has 0 aliphatic carbocycles. The van der Waals surface area contributed by atoms with Gasteiger partial charge in [-0.25, -0.2) is 0 Å². The van der Waals surface area contributed by atoms with Gasteiger partial charge in [0, 0.05) is 6.42 Å². The molecule has 110 valence electrons. The van der Waals surface area contributed by atoms with Gasteiger partial charge in [-0.15, -0.1) is 0 Å². The topological polar surface area (TPSA) is 17.1 Å². The summed E-state index contributed by atoms with van der Waals surface area (Å²) in [6, 6.07) is 3.52. The van der Waals surface area contributed by atoms with E-state index in [0.717, 1.165) is 12.1 Å². The number of alkyl halides is 3. The van der Waals surface area contributed by atoms with Gasteiger partial charge in [0.25, 0.3) is 0 Å². The third-order valence-electron chi connectivity index (χ3n) is 2.76. The number of carbonyl (C=O) groups excluding carboxylic acids is 1. The average Bonchev–Trinajstić information content (AvgIpc) is 2.24. The second kappa shape index (κ2) is 5.81. The third-order valence-corrected chi connectivity index (χ3v) is 2.76. The van der Waals surface area contributed by atoms with Crippen molar-refractivity contribution >= 4 is 11.9 Å². The summed E-state index contributed by atoms with van der Waals surface area (Å²) in [5, 5.41) is 0. The van der Waals surface area contributed by atoms with E-state index in [9.17, 15) is 18.0 Å². The second-order valence-electron chi connectivity index (χ2n) is 6.11. The highest BCUT2D eigenvalue weighted by Gasteiger charge is 2.30. The number of halogens is 3. The first-order chi connectivity index (χ1) is 8.99. The quantitative estimate of drug-likeness (QED) is 0.711. The summed E-state index contributed by atoms with van der Waals surface area (Å²) in [5.41, 5.74) is 0.288. The van der Waals surface area contributed by atoms with Crippen LogP contribution >= 0.6 is 0 Å². The van der Waals surface area contributed by atoms with Gasteiger partial charge >= 0.3 is 6.18 Å². The minimum atomic E-state index is -4.37. The Morgan fingerprint density at radius 1 is 1.20 bits per heavy atom. The van der Waals surface area contributed by atoms with Crippen LogP contribution in [0.25, 0.3) is 6.08 Å². The fourth-order valence-corrected chi connectivity index (χ4v) is 1.76. The molecule has 0 saturated heterocycles. The molecular weight excluding hydrogens is 265 g/mol. The number of ketones is 1. The van der Waals surface area contributed by atoms with Crippen molar-refractivity contribution in [3.8, 4) is 0 Å². The molecule has 1 rings (SSSR count). The molecule has 0 spiro atoms. The zero-order valence-corrected chi connectivity index (χ0v) is 12.1. The van der Waals surface area contributed by atoms with Gasteiger partial charge in [0.2, 0.25) is 0 Å². The molecular formula is C16H19F3O. The highest BCUT2D eigenvalue weighted by molar-refractivity contribution is 5.94. The number of aryl methyl sites for hydroxylation is 1. The lowest BCUT2D eigenvalue weighted by Gasteiger charge is -2.15. The van der Waals surface area contributed by atoms with Crippen LogP contribution in [0.15, 0.2) is 24.3 Å². The van der Waals surface area contributed by atoms with Crippen molar-refractivity contribution in [2.45, 2.75) is 40.3 Å². The minimum absolute atomic E-state index is 0.0886. The normalized spacial score (nSPS) is 12.9. The van der Waals surface area contributed by atoms with Crippen molar-refractivity contribution in [3.63, 3.8) is 0 Å². The fourth-order valence-electron chi connectivity index (χ4n) is 1.76. The molecule has 0 aliphatic rings. The van der Waals surface area contributed by atoms with E-state index in [-0.39, 0.29) is 11.2 Å². The van der Waals surface area contributed by atoms with Crippen LogP contribution in [0.1, 0.15) is 43.9 Å². The predicted molar refractivity (Wildman–Crippen MR) is 74.3 cm³/mol. The number of carbonyl (C=O) groups is 1. The van der Waals surface area contributed by atoms with E-state index in [4.69, 9.17) is 0 Å². The molecule has 0 aromatic heterocycles. The number of hydrogen-bond acceptors (Lipinski definition) is 1. The van der Waals surface area contributed by atoms with Crippen LogP contribution in [0.2, 0.25) is 0 Å². The smallest absolute Gasteiger partial charge is 0.295 e. The molecule has 0 radical (unpaired) electrons. The Labute approximate surface area is 117 Å². The van der Waals surface area contributed by atoms with Crippen LogP contribution in [0.3, 0.4) is 0 Å². The molecule has 1 aromatic rings. The highest BCUT2D eigenvalue weighted by atomic mass is 19.4. The lowest BCUT2D eigenvalue weighted by molar-refractivity contribution is -0.137. The molecule has 0 aliphatic heterocycles. The lowest BCUT2D eigenvalue weighted by Crippen LogP contribution is -2.10. The van der Waals surface area contributed by atoms with Gasteiger partial charge in [-0.05, 0) is 41.7 Å². The molecule has 0 heterocycles. The van der Waals surface area contributed by atoms with Gasteiger partial charge in [0.1, 0.15) is 0 Å². The van der Waals surface area contributed by atoms with Gasteiger partial charge in [-0.1, -0.05) is 32.9 Å². The maximum Gasteiger partial charge on any atom is 0.416 e. The predicted octanol–water partition coefficient (Wildman–Crippen LogP) is 5.03. The second-order valence-corrected chi connectivity index (χ2v) is 6.11. The summed E-state index contributed by atoms with van der Waals surface area (Å²) in [5.74, 6) is -0.0886. The fraction of sp³-hybridized carbons (Fsp3) is 0.438. The molecule has 0 saturated carbocycles. The Kier molecular flexibility index (Phi) is 4.79. The van der Waals surface area contributed by atoms with Crippen LogP contribution in [-0.4, -0.2) is 5.78 Å². The van der Waals surface area contributed by atoms with Gasteiger partial charge in [-0.2, -0.15) is 13.2 Å². The van der Waals surface area contributed by atoms with E-state index in [0.29, 0.717) is 17.5 Å². The van der Waals surface area contributed by atoms with Crippen LogP contribution < -0.4 is 0 Å². The molecule has 0 fully saturated rings. The van der Waals surface area contributed by atoms with Crippen LogP contribution in [-0.2, 0) is 11.0 Å². The van der Waals surface area contributed by atoms with Gasteiger partial charge < -0.3 is 0 Å². The first-order valence-electron chi connectivity index (χ1n) is 6.38. The highest BCUT2D eigenvalue weighted by Crippen LogP contribution is 2.30. The Morgan fingerprint density at radius 2 is 1.80 bits per heavy atom. The summed E-state index contributed by atoms with van der Waals surface area (Å²) in [7, 11) is 0. The van der Waals surface area contributed by atoms with E-state index in [1.165, 1.54) is 18.2 Å². The summed E-state index contributed by atoms with van der Waals surface area (Å²) in [6.07, 6.45) is -1.19. The monoisotopic (exact) mass is 284 g/mol. The Hall–Kier alpha value is -1.58. The number of rotatable bonds is 3. The molecule has 0 bridgehead atoms. The molecule has 0 atom stereocenters. The van der Waals surface area contributed by atoms with Crippen molar-refractivity contribution < 1.29 is 18.0 Å². The third kappa shape index (κ3) is 5.19. The molecule has 1 aromatic carbocycles. The maximum absolute atomic E-state index is 12.6. The number of hydrogen-bond donors (Lipinski definition) is 0. The van der Waals surface area contributed by atoms with Crippen molar-refractivity contribution in [1.29, 1.82) is 0 Å². The SMILES string of the molecule is Cc1ccc(C(F)(F)F)cc1/C=C/C(=O)CC(C)(C)C. The van der Waals surface area contributed by atoms with Crippen LogP contribution in [0, 0.1) is 12.3 Å². The van der Waals surface area contributed by atoms with E-state index in [2.05, 4.69) is 0 Å². The zero-order chi connectivity index (χ0) is 15.6. The molecule has 0 unspecified atom stereocenters. The number of benzene rings is 1. The average molecular weight is 284 g/mol. The summed E-state index contributed by atoms with van der Waals surface area (Å²) < 4.78 is 37.9. The Morgan fingerprint density at radius 3 is 2.30 bits per heavy atom. The summed E-state index contributed by atoms with van der Waals surface area (Å²) >= 11 is 0. The van der Waals surface area contributed by atoms with Crippen molar-refractivity contribution in [1.82, 2.24) is 0 Å². The minimum Gasteiger partial charge on any atom is -0.295 e. The van der Waals surface area contributed by atoms with E-state index in [1.807, 2.05) is 20.8 Å². The van der Waals surface area contributed by atoms with Crippen LogP contribution in [0.5, 0.6) is 0 Å². The molecule has 0 N–H and O–H groups in total. The van der Waals surface area contributed by atoms with E-state index < -0.39 is 11.7 Å². The Balaban J connectivity index is 2.95. The first-order valence-corrected chi connectivity index (χ1v) is 6.38. The van der Waals surface area contributed by atoms with Crippen molar-refractivity contribution in [2.75, 3.05) is 0 Å². The Bertz CT molecular complexity index is 520. The lowest BCUT2D eigenvalue weighted by atomic mass is 9.89. The number of allylic oxidation sites excluding steroid dienone is 1. The first kappa shape index (κ1) is 16.5. The summed E-state index contributed by atoms with van der Waals surface area (Å²) in [4.78, 5) is 11.7. The largest absolute Gasteiger partial charge is 0.416 e. The van der Waals surface area contributed by atoms with Gasteiger partial charge in [0.15, 0.2) is 5.78 Å². The van der Waals surface area contributed by atoms with E-state index in [1.54, 1.807) is 6.92 Å². The summed E-state index contributed by atoms with van der Waals surface area (Å²) in [6.45, 7) is 7.53. The van der Waals surface area contributed by atoms with Crippen molar-refractivity contribution in [2.24, 2.45) is 5.41 Å². The molecule has 20 heavy (non-hydrogen) atoms. The van der Waals surface area contributed by atoms with Crippen LogP contribution in [0.4, 0.5) is 13.2 Å². The van der Waals surface area contributed by atoms with Gasteiger partial charge in [0.05, 0.1) is 5.56 Å². The van der Waals surface area contributed by atoms with Gasteiger partial charge in [-0.3, -0.25) is 4.79 Å². The van der Waals surface area contributed by atoms with E-state index >= 15 is 0 Å². The zero-order valence-electron chi connectivity index (χ0n) is 12.1. The standard InChI is InChI=1S/C16H19F3O/c1-11-5-7-13(16(17,18)19)9-12(11)6-8-14(20)10-15(2,3)4/h5-9H,10H2,1-4H3/b8-6+. The van der Waals surface area contributed by atoms with Crippen molar-refractivity contribution in [3.05, 3.63) is 41.0 Å². The molecule has 1 nitrogen and oxygen atoms in total. The molecule has 4 heteroatoms. The molecule has 0 amide bonds.